The van der Waals surface area contributed by atoms with Crippen LogP contribution >= 0.6 is 34.8 Å². The van der Waals surface area contributed by atoms with Crippen LogP contribution in [0.3, 0.4) is 0 Å². The molecule has 0 aliphatic heterocycles. The van der Waals surface area contributed by atoms with Gasteiger partial charge in [-0.25, -0.2) is 0 Å². The highest BCUT2D eigenvalue weighted by Gasteiger charge is 2.12. The van der Waals surface area contributed by atoms with E-state index in [2.05, 4.69) is 0 Å². The first-order valence-corrected chi connectivity index (χ1v) is 7.22. The minimum absolute atomic E-state index is 0.122. The summed E-state index contributed by atoms with van der Waals surface area (Å²) in [5.41, 5.74) is 1.51. The summed E-state index contributed by atoms with van der Waals surface area (Å²) in [4.78, 5) is 0. The Balaban J connectivity index is 2.21. The zero-order chi connectivity index (χ0) is 15.4. The molecule has 112 valence electrons. The average molecular weight is 348 g/mol. The van der Waals surface area contributed by atoms with E-state index in [1.807, 2.05) is 6.07 Å². The fourth-order valence-electron chi connectivity index (χ4n) is 1.79. The summed E-state index contributed by atoms with van der Waals surface area (Å²) in [5, 5.41) is 10.5. The lowest BCUT2D eigenvalue weighted by Crippen LogP contribution is -1.99. The molecule has 0 aliphatic carbocycles. The Labute approximate surface area is 138 Å². The Morgan fingerprint density at radius 1 is 0.952 bits per heavy atom. The van der Waals surface area contributed by atoms with Crippen molar-refractivity contribution in [2.24, 2.45) is 0 Å². The van der Waals surface area contributed by atoms with Crippen LogP contribution in [-0.4, -0.2) is 12.2 Å². The van der Waals surface area contributed by atoms with Crippen LogP contribution in [0.2, 0.25) is 15.1 Å². The van der Waals surface area contributed by atoms with E-state index in [1.165, 1.54) is 7.11 Å². The minimum atomic E-state index is -0.122. The molecule has 6 heteroatoms. The van der Waals surface area contributed by atoms with Crippen molar-refractivity contribution in [3.8, 4) is 11.5 Å². The molecule has 2 aromatic carbocycles. The number of ether oxygens (including phenoxy) is 2. The van der Waals surface area contributed by atoms with E-state index in [0.29, 0.717) is 32.1 Å². The molecule has 1 N–H and O–H groups in total. The van der Waals surface area contributed by atoms with Crippen LogP contribution in [0.15, 0.2) is 30.3 Å². The summed E-state index contributed by atoms with van der Waals surface area (Å²) < 4.78 is 10.9. The van der Waals surface area contributed by atoms with Gasteiger partial charge in [0.25, 0.3) is 0 Å². The zero-order valence-corrected chi connectivity index (χ0v) is 13.5. The SMILES string of the molecule is COc1cc(CO)cc(Cl)c1OCc1ccc(Cl)c(Cl)c1. The molecule has 21 heavy (non-hydrogen) atoms. The Hall–Kier alpha value is -1.13. The molecular weight excluding hydrogens is 335 g/mol. The van der Waals surface area contributed by atoms with Gasteiger partial charge in [-0.05, 0) is 35.4 Å². The molecule has 0 unspecified atom stereocenters. The van der Waals surface area contributed by atoms with E-state index in [1.54, 1.807) is 24.3 Å². The van der Waals surface area contributed by atoms with Gasteiger partial charge in [-0.1, -0.05) is 40.9 Å². The van der Waals surface area contributed by atoms with Crippen molar-refractivity contribution in [3.05, 3.63) is 56.5 Å². The summed E-state index contributed by atoms with van der Waals surface area (Å²) in [6.45, 7) is 0.147. The maximum Gasteiger partial charge on any atom is 0.180 e. The van der Waals surface area contributed by atoms with Crippen LogP contribution in [0, 0.1) is 0 Å². The van der Waals surface area contributed by atoms with E-state index in [9.17, 15) is 0 Å². The van der Waals surface area contributed by atoms with Crippen molar-refractivity contribution >= 4 is 34.8 Å². The second-order valence-corrected chi connectivity index (χ2v) is 5.53. The average Bonchev–Trinajstić information content (AvgIpc) is 2.48. The highest BCUT2D eigenvalue weighted by Crippen LogP contribution is 2.37. The van der Waals surface area contributed by atoms with E-state index in [4.69, 9.17) is 49.4 Å². The number of hydrogen-bond acceptors (Lipinski definition) is 3. The van der Waals surface area contributed by atoms with Crippen molar-refractivity contribution in [2.75, 3.05) is 7.11 Å². The quantitative estimate of drug-likeness (QED) is 0.850. The molecule has 0 heterocycles. The number of aliphatic hydroxyl groups is 1. The van der Waals surface area contributed by atoms with Gasteiger partial charge in [0, 0.05) is 0 Å². The molecular formula is C15H13Cl3O3. The van der Waals surface area contributed by atoms with E-state index in [0.717, 1.165) is 5.56 Å². The molecule has 3 nitrogen and oxygen atoms in total. The topological polar surface area (TPSA) is 38.7 Å². The van der Waals surface area contributed by atoms with Gasteiger partial charge in [0.05, 0.1) is 28.8 Å². The predicted molar refractivity (Wildman–Crippen MR) is 84.7 cm³/mol. The summed E-state index contributed by atoms with van der Waals surface area (Å²) >= 11 is 18.0. The number of hydrogen-bond donors (Lipinski definition) is 1. The van der Waals surface area contributed by atoms with Crippen molar-refractivity contribution in [2.45, 2.75) is 13.2 Å². The summed E-state index contributed by atoms with van der Waals surface area (Å²) in [5.74, 6) is 0.883. The lowest BCUT2D eigenvalue weighted by molar-refractivity contribution is 0.274. The Bertz CT molecular complexity index is 644. The normalized spacial score (nSPS) is 10.5. The highest BCUT2D eigenvalue weighted by molar-refractivity contribution is 6.42. The third-order valence-corrected chi connectivity index (χ3v) is 3.86. The molecule has 0 spiro atoms. The largest absolute Gasteiger partial charge is 0.493 e. The molecule has 0 bridgehead atoms. The minimum Gasteiger partial charge on any atom is -0.493 e. The van der Waals surface area contributed by atoms with Crippen LogP contribution in [0.5, 0.6) is 11.5 Å². The fourth-order valence-corrected chi connectivity index (χ4v) is 2.40. The molecule has 0 radical (unpaired) electrons. The van der Waals surface area contributed by atoms with Gasteiger partial charge in [0.2, 0.25) is 0 Å². The smallest absolute Gasteiger partial charge is 0.180 e. The maximum atomic E-state index is 9.16. The molecule has 0 atom stereocenters. The number of benzene rings is 2. The molecule has 2 rings (SSSR count). The molecule has 0 saturated carbocycles. The Morgan fingerprint density at radius 2 is 1.67 bits per heavy atom. The van der Waals surface area contributed by atoms with Gasteiger partial charge in [-0.3, -0.25) is 0 Å². The van der Waals surface area contributed by atoms with Crippen LogP contribution in [-0.2, 0) is 13.2 Å². The van der Waals surface area contributed by atoms with Crippen molar-refractivity contribution in [1.29, 1.82) is 0 Å². The van der Waals surface area contributed by atoms with Gasteiger partial charge >= 0.3 is 0 Å². The molecule has 2 aromatic rings. The fraction of sp³-hybridized carbons (Fsp3) is 0.200. The van der Waals surface area contributed by atoms with Crippen LogP contribution in [0.1, 0.15) is 11.1 Å². The highest BCUT2D eigenvalue weighted by atomic mass is 35.5. The van der Waals surface area contributed by atoms with Gasteiger partial charge in [0.15, 0.2) is 11.5 Å². The standard InChI is InChI=1S/C15H13Cl3O3/c1-20-14-6-10(7-19)5-13(18)15(14)21-8-9-2-3-11(16)12(17)4-9/h2-6,19H,7-8H2,1H3. The second kappa shape index (κ2) is 7.23. The van der Waals surface area contributed by atoms with Gasteiger partial charge in [-0.2, -0.15) is 0 Å². The first kappa shape index (κ1) is 16.2. The third kappa shape index (κ3) is 3.95. The monoisotopic (exact) mass is 346 g/mol. The Kier molecular flexibility index (Phi) is 5.59. The molecule has 0 saturated heterocycles. The first-order chi connectivity index (χ1) is 10.0. The van der Waals surface area contributed by atoms with Crippen LogP contribution < -0.4 is 9.47 Å². The molecule has 0 fully saturated rings. The van der Waals surface area contributed by atoms with E-state index >= 15 is 0 Å². The Morgan fingerprint density at radius 3 is 2.29 bits per heavy atom. The molecule has 0 aliphatic rings. The summed E-state index contributed by atoms with van der Waals surface area (Å²) in [7, 11) is 1.51. The zero-order valence-electron chi connectivity index (χ0n) is 11.2. The number of aliphatic hydroxyl groups excluding tert-OH is 1. The number of halogens is 3. The lowest BCUT2D eigenvalue weighted by Gasteiger charge is -2.14. The van der Waals surface area contributed by atoms with Crippen molar-refractivity contribution in [3.63, 3.8) is 0 Å². The summed E-state index contributed by atoms with van der Waals surface area (Å²) in [6, 6.07) is 8.56. The molecule has 0 amide bonds. The van der Waals surface area contributed by atoms with Crippen LogP contribution in [0.4, 0.5) is 0 Å². The van der Waals surface area contributed by atoms with Crippen molar-refractivity contribution < 1.29 is 14.6 Å². The van der Waals surface area contributed by atoms with Gasteiger partial charge in [0.1, 0.15) is 6.61 Å². The maximum absolute atomic E-state index is 9.16. The first-order valence-electron chi connectivity index (χ1n) is 6.09. The summed E-state index contributed by atoms with van der Waals surface area (Å²) in [6.07, 6.45) is 0. The lowest BCUT2D eigenvalue weighted by atomic mass is 10.2. The number of rotatable bonds is 5. The van der Waals surface area contributed by atoms with E-state index in [-0.39, 0.29) is 13.2 Å². The third-order valence-electron chi connectivity index (χ3n) is 2.84. The molecule has 0 aromatic heterocycles. The number of methoxy groups -OCH3 is 1. The second-order valence-electron chi connectivity index (χ2n) is 4.30. The van der Waals surface area contributed by atoms with Gasteiger partial charge < -0.3 is 14.6 Å². The van der Waals surface area contributed by atoms with Gasteiger partial charge in [-0.15, -0.1) is 0 Å². The van der Waals surface area contributed by atoms with Crippen molar-refractivity contribution in [1.82, 2.24) is 0 Å². The van der Waals surface area contributed by atoms with Crippen LogP contribution in [0.25, 0.3) is 0 Å². The van der Waals surface area contributed by atoms with E-state index < -0.39 is 0 Å². The predicted octanol–water partition coefficient (Wildman–Crippen LogP) is 4.73.